The third kappa shape index (κ3) is 17.6. The van der Waals surface area contributed by atoms with Crippen LogP contribution in [0.1, 0.15) is 89.9 Å². The van der Waals surface area contributed by atoms with Gasteiger partial charge in [0.15, 0.2) is 0 Å². The zero-order chi connectivity index (χ0) is 14.2. The first-order valence-corrected chi connectivity index (χ1v) is 8.40. The minimum Gasteiger partial charge on any atom is -0.481 e. The van der Waals surface area contributed by atoms with E-state index in [0.29, 0.717) is 6.42 Å². The Bertz CT molecular complexity index is 217. The van der Waals surface area contributed by atoms with E-state index in [4.69, 9.17) is 17.3 Å². The first kappa shape index (κ1) is 18.6. The number of unbranched alkanes of at least 4 members (excludes halogenated alkanes) is 12. The molecule has 0 unspecified atom stereocenters. The zero-order valence-electron chi connectivity index (χ0n) is 12.2. The molecule has 19 heavy (non-hydrogen) atoms. The van der Waals surface area contributed by atoms with E-state index in [2.05, 4.69) is 0 Å². The van der Waals surface area contributed by atoms with Crippen LogP contribution >= 0.6 is 12.2 Å². The summed E-state index contributed by atoms with van der Waals surface area (Å²) in [6.45, 7) is 0. The van der Waals surface area contributed by atoms with E-state index in [-0.39, 0.29) is 0 Å². The summed E-state index contributed by atoms with van der Waals surface area (Å²) in [4.78, 5) is 10.3. The summed E-state index contributed by atoms with van der Waals surface area (Å²) < 4.78 is 0. The van der Waals surface area contributed by atoms with E-state index in [1.807, 2.05) is 5.37 Å². The van der Waals surface area contributed by atoms with Crippen LogP contribution in [0.15, 0.2) is 0 Å². The minimum atomic E-state index is -0.661. The molecule has 0 aromatic carbocycles. The van der Waals surface area contributed by atoms with Gasteiger partial charge in [0.05, 0.1) is 0 Å². The Morgan fingerprint density at radius 2 is 1.11 bits per heavy atom. The van der Waals surface area contributed by atoms with Crippen molar-refractivity contribution in [3.63, 3.8) is 0 Å². The van der Waals surface area contributed by atoms with Crippen LogP contribution in [0.4, 0.5) is 0 Å². The fourth-order valence-corrected chi connectivity index (χ4v) is 2.44. The molecular weight excluding hydrogens is 256 g/mol. The van der Waals surface area contributed by atoms with Gasteiger partial charge in [0.25, 0.3) is 0 Å². The fraction of sp³-hybridized carbons (Fsp3) is 0.875. The topological polar surface area (TPSA) is 37.3 Å². The Morgan fingerprint density at radius 1 is 0.737 bits per heavy atom. The van der Waals surface area contributed by atoms with Gasteiger partial charge in [0, 0.05) is 6.42 Å². The quantitative estimate of drug-likeness (QED) is 0.317. The number of carboxylic acid groups (broad SMARTS) is 1. The molecule has 0 aromatic heterocycles. The molecule has 0 fully saturated rings. The highest BCUT2D eigenvalue weighted by molar-refractivity contribution is 7.78. The van der Waals surface area contributed by atoms with Crippen LogP contribution in [-0.2, 0) is 4.79 Å². The van der Waals surface area contributed by atoms with Crippen molar-refractivity contribution in [2.45, 2.75) is 89.9 Å². The maximum absolute atomic E-state index is 10.3. The van der Waals surface area contributed by atoms with Crippen LogP contribution in [0.3, 0.4) is 0 Å². The van der Waals surface area contributed by atoms with Crippen LogP contribution in [-0.4, -0.2) is 16.4 Å². The van der Waals surface area contributed by atoms with Crippen molar-refractivity contribution in [1.82, 2.24) is 0 Å². The molecule has 0 spiro atoms. The highest BCUT2D eigenvalue weighted by atomic mass is 32.1. The van der Waals surface area contributed by atoms with Gasteiger partial charge in [0.1, 0.15) is 0 Å². The summed E-state index contributed by atoms with van der Waals surface area (Å²) in [5.74, 6) is -0.661. The fourth-order valence-electron chi connectivity index (χ4n) is 2.27. The van der Waals surface area contributed by atoms with Crippen molar-refractivity contribution in [2.75, 3.05) is 0 Å². The van der Waals surface area contributed by atoms with Crippen LogP contribution in [0.5, 0.6) is 0 Å². The molecule has 0 radical (unpaired) electrons. The van der Waals surface area contributed by atoms with Gasteiger partial charge < -0.3 is 5.11 Å². The van der Waals surface area contributed by atoms with Gasteiger partial charge >= 0.3 is 5.97 Å². The van der Waals surface area contributed by atoms with E-state index < -0.39 is 5.97 Å². The number of hydrogen-bond acceptors (Lipinski definition) is 2. The van der Waals surface area contributed by atoms with Crippen molar-refractivity contribution < 1.29 is 9.90 Å². The van der Waals surface area contributed by atoms with Crippen molar-refractivity contribution in [3.05, 3.63) is 0 Å². The molecule has 112 valence electrons. The van der Waals surface area contributed by atoms with E-state index >= 15 is 0 Å². The second-order valence-electron chi connectivity index (χ2n) is 5.34. The lowest BCUT2D eigenvalue weighted by Crippen LogP contribution is -1.93. The van der Waals surface area contributed by atoms with Gasteiger partial charge in [-0.3, -0.25) is 4.79 Å². The Hall–Kier alpha value is -0.440. The first-order chi connectivity index (χ1) is 9.27. The highest BCUT2D eigenvalue weighted by Crippen LogP contribution is 2.12. The van der Waals surface area contributed by atoms with Gasteiger partial charge in [-0.05, 0) is 24.6 Å². The molecule has 0 aliphatic carbocycles. The summed E-state index contributed by atoms with van der Waals surface area (Å²) >= 11 is 4.80. The summed E-state index contributed by atoms with van der Waals surface area (Å²) in [5.41, 5.74) is 0. The largest absolute Gasteiger partial charge is 0.481 e. The molecule has 3 heteroatoms. The number of hydrogen-bond donors (Lipinski definition) is 1. The minimum absolute atomic E-state index is 0.337. The van der Waals surface area contributed by atoms with E-state index in [0.717, 1.165) is 19.3 Å². The second-order valence-corrected chi connectivity index (χ2v) is 5.68. The Kier molecular flexibility index (Phi) is 15.3. The Labute approximate surface area is 124 Å². The molecule has 0 saturated carbocycles. The van der Waals surface area contributed by atoms with Gasteiger partial charge in [-0.25, -0.2) is 0 Å². The standard InChI is InChI=1S/C16H30O2S/c17-16(18)14-12-10-8-6-4-2-1-3-5-7-9-11-13-15-19/h15H,1-14H2,(H,17,18). The lowest BCUT2D eigenvalue weighted by molar-refractivity contribution is -0.137. The third-order valence-corrected chi connectivity index (χ3v) is 3.70. The monoisotopic (exact) mass is 286 g/mol. The third-order valence-electron chi connectivity index (χ3n) is 3.46. The molecule has 0 bridgehead atoms. The Balaban J connectivity index is 2.95. The maximum atomic E-state index is 10.3. The number of rotatable bonds is 15. The summed E-state index contributed by atoms with van der Waals surface area (Å²) in [6.07, 6.45) is 16.5. The molecule has 0 saturated heterocycles. The van der Waals surface area contributed by atoms with Crippen LogP contribution in [0.2, 0.25) is 0 Å². The lowest BCUT2D eigenvalue weighted by atomic mass is 10.0. The average molecular weight is 286 g/mol. The van der Waals surface area contributed by atoms with Crippen molar-refractivity contribution in [2.24, 2.45) is 0 Å². The summed E-state index contributed by atoms with van der Waals surface area (Å²) in [6, 6.07) is 0. The molecule has 0 heterocycles. The molecule has 2 nitrogen and oxygen atoms in total. The Morgan fingerprint density at radius 3 is 1.47 bits per heavy atom. The normalized spacial score (nSPS) is 10.5. The van der Waals surface area contributed by atoms with E-state index in [1.165, 1.54) is 64.2 Å². The van der Waals surface area contributed by atoms with Crippen LogP contribution < -0.4 is 0 Å². The molecule has 1 N–H and O–H groups in total. The molecular formula is C16H30O2S. The smallest absolute Gasteiger partial charge is 0.303 e. The zero-order valence-corrected chi connectivity index (χ0v) is 13.1. The van der Waals surface area contributed by atoms with Crippen molar-refractivity contribution >= 4 is 23.6 Å². The molecule has 0 aliphatic heterocycles. The van der Waals surface area contributed by atoms with Gasteiger partial charge in [-0.2, -0.15) is 0 Å². The summed E-state index contributed by atoms with van der Waals surface area (Å²) in [5, 5.41) is 10.3. The van der Waals surface area contributed by atoms with Gasteiger partial charge in [-0.15, -0.1) is 0 Å². The second kappa shape index (κ2) is 15.6. The van der Waals surface area contributed by atoms with Gasteiger partial charge in [-0.1, -0.05) is 76.4 Å². The molecule has 0 amide bonds. The number of thiocarbonyl (C=S) groups is 1. The van der Waals surface area contributed by atoms with Gasteiger partial charge in [0.2, 0.25) is 0 Å². The number of carboxylic acids is 1. The highest BCUT2D eigenvalue weighted by Gasteiger charge is 1.96. The summed E-state index contributed by atoms with van der Waals surface area (Å²) in [7, 11) is 0. The predicted molar refractivity (Wildman–Crippen MR) is 85.9 cm³/mol. The maximum Gasteiger partial charge on any atom is 0.303 e. The SMILES string of the molecule is O=C(O)CCCCCCCCCCCCCCC=S. The van der Waals surface area contributed by atoms with Crippen LogP contribution in [0.25, 0.3) is 0 Å². The average Bonchev–Trinajstić information content (AvgIpc) is 2.39. The van der Waals surface area contributed by atoms with Crippen molar-refractivity contribution in [1.29, 1.82) is 0 Å². The molecule has 0 atom stereocenters. The van der Waals surface area contributed by atoms with Crippen LogP contribution in [0, 0.1) is 0 Å². The van der Waals surface area contributed by atoms with E-state index in [1.54, 1.807) is 0 Å². The van der Waals surface area contributed by atoms with E-state index in [9.17, 15) is 4.79 Å². The molecule has 0 aliphatic rings. The first-order valence-electron chi connectivity index (χ1n) is 7.93. The predicted octanol–water partition coefficient (Wildman–Crippen LogP) is 5.53. The number of aliphatic carboxylic acids is 1. The number of carbonyl (C=O) groups is 1. The molecule has 0 aromatic rings. The lowest BCUT2D eigenvalue weighted by Gasteiger charge is -2.02. The molecule has 0 rings (SSSR count). The van der Waals surface area contributed by atoms with Crippen molar-refractivity contribution in [3.8, 4) is 0 Å².